The lowest BCUT2D eigenvalue weighted by Gasteiger charge is -2.17. The summed E-state index contributed by atoms with van der Waals surface area (Å²) >= 11 is 0. The SMILES string of the molecule is CC(C)CCCCCC(O)CCCCCC(O)CCCCCC(C)(C)C.O=C=O. The van der Waals surface area contributed by atoms with Gasteiger partial charge in [-0.05, 0) is 43.4 Å². The second kappa shape index (κ2) is 20.6. The summed E-state index contributed by atoms with van der Waals surface area (Å²) < 4.78 is 0. The molecule has 0 fully saturated rings. The van der Waals surface area contributed by atoms with Gasteiger partial charge in [0.25, 0.3) is 0 Å². The smallest absolute Gasteiger partial charge is 0.373 e. The van der Waals surface area contributed by atoms with E-state index in [-0.39, 0.29) is 18.4 Å². The molecule has 2 unspecified atom stereocenters. The van der Waals surface area contributed by atoms with E-state index >= 15 is 0 Å². The van der Waals surface area contributed by atoms with Crippen LogP contribution in [0.5, 0.6) is 0 Å². The largest absolute Gasteiger partial charge is 0.393 e. The van der Waals surface area contributed by atoms with Crippen LogP contribution in [0.3, 0.4) is 0 Å². The number of carbonyl (C=O) groups excluding carboxylic acids is 2. The summed E-state index contributed by atoms with van der Waals surface area (Å²) in [6.45, 7) is 11.4. The Balaban J connectivity index is 0. The summed E-state index contributed by atoms with van der Waals surface area (Å²) in [6.07, 6.45) is 17.2. The van der Waals surface area contributed by atoms with Crippen molar-refractivity contribution in [2.24, 2.45) is 11.3 Å². The number of aliphatic hydroxyl groups excluding tert-OH is 2. The van der Waals surface area contributed by atoms with Crippen molar-refractivity contribution in [3.05, 3.63) is 0 Å². The molecule has 0 aromatic heterocycles. The minimum atomic E-state index is -0.115. The van der Waals surface area contributed by atoms with Crippen LogP contribution in [-0.2, 0) is 9.59 Å². The van der Waals surface area contributed by atoms with E-state index in [2.05, 4.69) is 34.6 Å². The second-order valence-electron chi connectivity index (χ2n) is 10.2. The van der Waals surface area contributed by atoms with Gasteiger partial charge in [0.2, 0.25) is 0 Å². The zero-order valence-corrected chi connectivity index (χ0v) is 20.0. The maximum Gasteiger partial charge on any atom is 0.373 e. The van der Waals surface area contributed by atoms with Crippen LogP contribution in [0, 0.1) is 11.3 Å². The highest BCUT2D eigenvalue weighted by Gasteiger charge is 2.10. The average Bonchev–Trinajstić information content (AvgIpc) is 2.60. The van der Waals surface area contributed by atoms with Gasteiger partial charge in [0.05, 0.1) is 12.2 Å². The highest BCUT2D eigenvalue weighted by Crippen LogP contribution is 2.23. The van der Waals surface area contributed by atoms with Crippen molar-refractivity contribution in [1.29, 1.82) is 0 Å². The maximum absolute atomic E-state index is 10.1. The normalized spacial score (nSPS) is 13.5. The number of rotatable bonds is 17. The minimum Gasteiger partial charge on any atom is -0.393 e. The fraction of sp³-hybridized carbons (Fsp3) is 0.960. The number of aliphatic hydroxyl groups is 2. The van der Waals surface area contributed by atoms with Crippen molar-refractivity contribution in [3.8, 4) is 0 Å². The van der Waals surface area contributed by atoms with Gasteiger partial charge < -0.3 is 10.2 Å². The molecule has 0 spiro atoms. The summed E-state index contributed by atoms with van der Waals surface area (Å²) in [4.78, 5) is 16.2. The van der Waals surface area contributed by atoms with Gasteiger partial charge in [0, 0.05) is 0 Å². The Bertz CT molecular complexity index is 368. The molecule has 0 heterocycles. The van der Waals surface area contributed by atoms with Gasteiger partial charge in [-0.2, -0.15) is 9.59 Å². The van der Waals surface area contributed by atoms with Gasteiger partial charge in [-0.25, -0.2) is 0 Å². The van der Waals surface area contributed by atoms with Gasteiger partial charge in [0.1, 0.15) is 0 Å². The molecule has 2 N–H and O–H groups in total. The van der Waals surface area contributed by atoms with Crippen molar-refractivity contribution in [1.82, 2.24) is 0 Å². The molecule has 4 heteroatoms. The van der Waals surface area contributed by atoms with E-state index in [0.717, 1.165) is 57.3 Å². The van der Waals surface area contributed by atoms with Crippen LogP contribution >= 0.6 is 0 Å². The molecule has 0 aromatic carbocycles. The highest BCUT2D eigenvalue weighted by molar-refractivity contribution is 5.20. The zero-order chi connectivity index (χ0) is 22.5. The molecule has 0 amide bonds. The van der Waals surface area contributed by atoms with Crippen LogP contribution in [0.2, 0.25) is 0 Å². The molecule has 0 saturated carbocycles. The molecule has 0 aromatic rings. The van der Waals surface area contributed by atoms with Crippen LogP contribution in [0.25, 0.3) is 0 Å². The summed E-state index contributed by atoms with van der Waals surface area (Å²) in [6, 6.07) is 0. The third-order valence-corrected chi connectivity index (χ3v) is 5.36. The molecule has 0 radical (unpaired) electrons. The van der Waals surface area contributed by atoms with Crippen molar-refractivity contribution in [2.45, 2.75) is 143 Å². The predicted molar refractivity (Wildman–Crippen MR) is 121 cm³/mol. The standard InChI is InChI=1S/C24H50O2.CO2/c1-21(2)15-9-6-10-16-22(25)17-11-7-12-18-23(26)19-13-8-14-20-24(3,4)5;2-1-3/h21-23,25-26H,6-20H2,1-5H3;. The molecule has 174 valence electrons. The first-order chi connectivity index (χ1) is 13.6. The van der Waals surface area contributed by atoms with Crippen molar-refractivity contribution in [2.75, 3.05) is 0 Å². The highest BCUT2D eigenvalue weighted by atomic mass is 16.3. The molecule has 29 heavy (non-hydrogen) atoms. The minimum absolute atomic E-state index is 0.109. The first-order valence-electron chi connectivity index (χ1n) is 12.0. The van der Waals surface area contributed by atoms with E-state index in [4.69, 9.17) is 9.59 Å². The first-order valence-corrected chi connectivity index (χ1v) is 12.0. The topological polar surface area (TPSA) is 74.6 Å². The van der Waals surface area contributed by atoms with Crippen molar-refractivity contribution < 1.29 is 19.8 Å². The second-order valence-corrected chi connectivity index (χ2v) is 10.2. The van der Waals surface area contributed by atoms with Crippen LogP contribution in [-0.4, -0.2) is 28.6 Å². The van der Waals surface area contributed by atoms with E-state index in [1.807, 2.05) is 0 Å². The molecular formula is C25H50O4. The molecule has 0 bridgehead atoms. The Kier molecular flexibility index (Phi) is 21.6. The van der Waals surface area contributed by atoms with E-state index in [1.165, 1.54) is 44.9 Å². The lowest BCUT2D eigenvalue weighted by molar-refractivity contribution is -0.191. The van der Waals surface area contributed by atoms with E-state index < -0.39 is 0 Å². The van der Waals surface area contributed by atoms with E-state index in [1.54, 1.807) is 0 Å². The Morgan fingerprint density at radius 1 is 0.621 bits per heavy atom. The molecule has 0 aliphatic rings. The van der Waals surface area contributed by atoms with Crippen LogP contribution in [0.1, 0.15) is 131 Å². The summed E-state index contributed by atoms with van der Waals surface area (Å²) in [7, 11) is 0. The molecule has 0 rings (SSSR count). The van der Waals surface area contributed by atoms with Gasteiger partial charge in [-0.15, -0.1) is 0 Å². The van der Waals surface area contributed by atoms with Gasteiger partial charge in [-0.3, -0.25) is 0 Å². The molecule has 0 saturated heterocycles. The fourth-order valence-corrected chi connectivity index (χ4v) is 3.55. The molecule has 0 aliphatic heterocycles. The lowest BCUT2D eigenvalue weighted by Crippen LogP contribution is -2.08. The quantitative estimate of drug-likeness (QED) is 0.260. The third-order valence-electron chi connectivity index (χ3n) is 5.36. The van der Waals surface area contributed by atoms with Crippen LogP contribution < -0.4 is 0 Å². The molecule has 0 aliphatic carbocycles. The Morgan fingerprint density at radius 2 is 0.931 bits per heavy atom. The van der Waals surface area contributed by atoms with E-state index in [0.29, 0.717) is 5.41 Å². The molecular weight excluding hydrogens is 364 g/mol. The first kappa shape index (κ1) is 30.5. The maximum atomic E-state index is 10.1. The zero-order valence-electron chi connectivity index (χ0n) is 20.0. The Morgan fingerprint density at radius 3 is 1.24 bits per heavy atom. The lowest BCUT2D eigenvalue weighted by atomic mass is 9.89. The summed E-state index contributed by atoms with van der Waals surface area (Å²) in [5.41, 5.74) is 0.442. The number of unbranched alkanes of at least 4 members (excludes halogenated alkanes) is 6. The molecule has 2 atom stereocenters. The number of hydrogen-bond donors (Lipinski definition) is 2. The van der Waals surface area contributed by atoms with Gasteiger partial charge >= 0.3 is 6.15 Å². The van der Waals surface area contributed by atoms with Crippen molar-refractivity contribution >= 4 is 6.15 Å². The summed E-state index contributed by atoms with van der Waals surface area (Å²) in [5, 5.41) is 20.1. The Hall–Kier alpha value is -0.700. The van der Waals surface area contributed by atoms with Crippen molar-refractivity contribution in [3.63, 3.8) is 0 Å². The van der Waals surface area contributed by atoms with Crippen LogP contribution in [0.15, 0.2) is 0 Å². The van der Waals surface area contributed by atoms with E-state index in [9.17, 15) is 10.2 Å². The van der Waals surface area contributed by atoms with Crippen LogP contribution in [0.4, 0.5) is 0 Å². The van der Waals surface area contributed by atoms with Gasteiger partial charge in [0.15, 0.2) is 0 Å². The third kappa shape index (κ3) is 29.6. The summed E-state index contributed by atoms with van der Waals surface area (Å²) in [5.74, 6) is 0.804. The molecule has 4 nitrogen and oxygen atoms in total. The monoisotopic (exact) mass is 414 g/mol. The Labute approximate surface area is 180 Å². The fourth-order valence-electron chi connectivity index (χ4n) is 3.55. The average molecular weight is 415 g/mol. The number of hydrogen-bond acceptors (Lipinski definition) is 4. The van der Waals surface area contributed by atoms with Gasteiger partial charge in [-0.1, -0.05) is 98.8 Å². The predicted octanol–water partition coefficient (Wildman–Crippen LogP) is 6.68.